The van der Waals surface area contributed by atoms with E-state index >= 15 is 0 Å². The number of thiazole rings is 1. The molecule has 1 aromatic carbocycles. The lowest BCUT2D eigenvalue weighted by Gasteiger charge is -2.20. The van der Waals surface area contributed by atoms with Gasteiger partial charge in [-0.25, -0.2) is 9.78 Å². The summed E-state index contributed by atoms with van der Waals surface area (Å²) in [4.78, 5) is 28.8. The summed E-state index contributed by atoms with van der Waals surface area (Å²) in [5, 5.41) is 11.3. The second kappa shape index (κ2) is 7.92. The van der Waals surface area contributed by atoms with Crippen molar-refractivity contribution in [3.63, 3.8) is 0 Å². The SMILES string of the molecule is CCCOc1ccc(-c2nc(C(=O)N(C)C(C)C(=O)O)cs2)cc1. The van der Waals surface area contributed by atoms with Gasteiger partial charge in [-0.15, -0.1) is 11.3 Å². The molecule has 0 spiro atoms. The molecule has 24 heavy (non-hydrogen) atoms. The summed E-state index contributed by atoms with van der Waals surface area (Å²) in [6.45, 7) is 4.18. The van der Waals surface area contributed by atoms with Crippen LogP contribution in [0.5, 0.6) is 5.75 Å². The van der Waals surface area contributed by atoms with Crippen LogP contribution in [0, 0.1) is 0 Å². The molecule has 1 atom stereocenters. The van der Waals surface area contributed by atoms with Gasteiger partial charge in [0, 0.05) is 18.0 Å². The van der Waals surface area contributed by atoms with Gasteiger partial charge in [-0.3, -0.25) is 4.79 Å². The fourth-order valence-electron chi connectivity index (χ4n) is 1.94. The first-order chi connectivity index (χ1) is 11.4. The smallest absolute Gasteiger partial charge is 0.326 e. The van der Waals surface area contributed by atoms with Gasteiger partial charge in [-0.2, -0.15) is 0 Å². The molecular formula is C17H20N2O4S. The summed E-state index contributed by atoms with van der Waals surface area (Å²) in [6.07, 6.45) is 0.946. The number of benzene rings is 1. The van der Waals surface area contributed by atoms with Crippen LogP contribution in [0.25, 0.3) is 10.6 Å². The normalized spacial score (nSPS) is 11.8. The van der Waals surface area contributed by atoms with Gasteiger partial charge in [0.25, 0.3) is 5.91 Å². The number of rotatable bonds is 7. The Bertz CT molecular complexity index is 712. The number of hydrogen-bond donors (Lipinski definition) is 1. The van der Waals surface area contributed by atoms with Crippen LogP contribution in [0.4, 0.5) is 0 Å². The lowest BCUT2D eigenvalue weighted by molar-refractivity contribution is -0.141. The van der Waals surface area contributed by atoms with Crippen molar-refractivity contribution in [2.24, 2.45) is 0 Å². The molecule has 0 bridgehead atoms. The zero-order chi connectivity index (χ0) is 17.7. The number of nitrogens with zero attached hydrogens (tertiary/aromatic N) is 2. The van der Waals surface area contributed by atoms with Crippen molar-refractivity contribution < 1.29 is 19.4 Å². The standard InChI is InChI=1S/C17H20N2O4S/c1-4-9-23-13-7-5-12(6-8-13)15-18-14(10-24-15)16(20)19(3)11(2)17(21)22/h5-8,10-11H,4,9H2,1-3H3,(H,21,22). The molecule has 1 heterocycles. The van der Waals surface area contributed by atoms with Crippen LogP contribution in [0.3, 0.4) is 0 Å². The van der Waals surface area contributed by atoms with E-state index < -0.39 is 17.9 Å². The maximum atomic E-state index is 12.3. The van der Waals surface area contributed by atoms with Crippen LogP contribution < -0.4 is 4.74 Å². The first kappa shape index (κ1) is 17.9. The Kier molecular flexibility index (Phi) is 5.92. The highest BCUT2D eigenvalue weighted by atomic mass is 32.1. The second-order valence-electron chi connectivity index (χ2n) is 5.34. The summed E-state index contributed by atoms with van der Waals surface area (Å²) in [7, 11) is 1.46. The van der Waals surface area contributed by atoms with E-state index in [2.05, 4.69) is 4.98 Å². The summed E-state index contributed by atoms with van der Waals surface area (Å²) in [5.41, 5.74) is 1.13. The van der Waals surface area contributed by atoms with E-state index in [-0.39, 0.29) is 5.69 Å². The molecule has 0 aliphatic carbocycles. The van der Waals surface area contributed by atoms with E-state index in [4.69, 9.17) is 9.84 Å². The summed E-state index contributed by atoms with van der Waals surface area (Å²) >= 11 is 1.35. The minimum Gasteiger partial charge on any atom is -0.494 e. The molecule has 1 N–H and O–H groups in total. The largest absolute Gasteiger partial charge is 0.494 e. The summed E-state index contributed by atoms with van der Waals surface area (Å²) in [5.74, 6) is -0.664. The van der Waals surface area contributed by atoms with Gasteiger partial charge in [-0.05, 0) is 37.6 Å². The van der Waals surface area contributed by atoms with Crippen LogP contribution in [0.2, 0.25) is 0 Å². The van der Waals surface area contributed by atoms with E-state index in [0.717, 1.165) is 17.7 Å². The van der Waals surface area contributed by atoms with Crippen molar-refractivity contribution in [2.45, 2.75) is 26.3 Å². The summed E-state index contributed by atoms with van der Waals surface area (Å²) in [6, 6.07) is 6.61. The number of aromatic nitrogens is 1. The molecule has 7 heteroatoms. The third-order valence-corrected chi connectivity index (χ3v) is 4.45. The van der Waals surface area contributed by atoms with Crippen molar-refractivity contribution in [1.82, 2.24) is 9.88 Å². The Morgan fingerprint density at radius 3 is 2.58 bits per heavy atom. The number of ether oxygens (including phenoxy) is 1. The molecule has 0 aliphatic rings. The molecule has 0 radical (unpaired) electrons. The minimum atomic E-state index is -1.05. The molecule has 2 aromatic rings. The number of hydrogen-bond acceptors (Lipinski definition) is 5. The van der Waals surface area contributed by atoms with Gasteiger partial charge in [0.1, 0.15) is 22.5 Å². The van der Waals surface area contributed by atoms with Gasteiger partial charge >= 0.3 is 5.97 Å². The number of aliphatic carboxylic acids is 1. The molecule has 0 aliphatic heterocycles. The van der Waals surface area contributed by atoms with E-state index in [0.29, 0.717) is 11.6 Å². The van der Waals surface area contributed by atoms with Crippen LogP contribution in [-0.4, -0.2) is 46.6 Å². The molecule has 2 rings (SSSR count). The van der Waals surface area contributed by atoms with Gasteiger partial charge in [0.15, 0.2) is 0 Å². The van der Waals surface area contributed by atoms with Gasteiger partial charge in [0.2, 0.25) is 0 Å². The third kappa shape index (κ3) is 4.11. The van der Waals surface area contributed by atoms with Crippen LogP contribution in [0.1, 0.15) is 30.8 Å². The van der Waals surface area contributed by atoms with E-state index in [1.165, 1.54) is 30.2 Å². The lowest BCUT2D eigenvalue weighted by Crippen LogP contribution is -2.40. The first-order valence-electron chi connectivity index (χ1n) is 7.62. The molecule has 1 unspecified atom stereocenters. The van der Waals surface area contributed by atoms with E-state index in [1.807, 2.05) is 31.2 Å². The summed E-state index contributed by atoms with van der Waals surface area (Å²) < 4.78 is 5.54. The quantitative estimate of drug-likeness (QED) is 0.831. The van der Waals surface area contributed by atoms with Crippen LogP contribution >= 0.6 is 11.3 Å². The Hall–Kier alpha value is -2.41. The maximum Gasteiger partial charge on any atom is 0.326 e. The van der Waals surface area contributed by atoms with Gasteiger partial charge in [-0.1, -0.05) is 6.92 Å². The highest BCUT2D eigenvalue weighted by Crippen LogP contribution is 2.26. The molecule has 128 valence electrons. The number of carbonyl (C=O) groups excluding carboxylic acids is 1. The van der Waals surface area contributed by atoms with E-state index in [9.17, 15) is 9.59 Å². The van der Waals surface area contributed by atoms with Crippen LogP contribution in [-0.2, 0) is 4.79 Å². The number of carboxylic acids is 1. The highest BCUT2D eigenvalue weighted by Gasteiger charge is 2.24. The zero-order valence-electron chi connectivity index (χ0n) is 13.9. The number of amides is 1. The molecular weight excluding hydrogens is 328 g/mol. The first-order valence-corrected chi connectivity index (χ1v) is 8.50. The Labute approximate surface area is 144 Å². The third-order valence-electron chi connectivity index (χ3n) is 3.56. The monoisotopic (exact) mass is 348 g/mol. The minimum absolute atomic E-state index is 0.247. The number of carboxylic acid groups (broad SMARTS) is 1. The molecule has 0 saturated carbocycles. The number of carbonyl (C=O) groups is 2. The molecule has 0 fully saturated rings. The van der Waals surface area contributed by atoms with Crippen molar-refractivity contribution >= 4 is 23.2 Å². The predicted molar refractivity (Wildman–Crippen MR) is 92.5 cm³/mol. The topological polar surface area (TPSA) is 79.7 Å². The van der Waals surface area contributed by atoms with Gasteiger partial charge in [0.05, 0.1) is 6.61 Å². The highest BCUT2D eigenvalue weighted by molar-refractivity contribution is 7.13. The maximum absolute atomic E-state index is 12.3. The molecule has 6 nitrogen and oxygen atoms in total. The molecule has 0 saturated heterocycles. The fourth-order valence-corrected chi connectivity index (χ4v) is 2.74. The van der Waals surface area contributed by atoms with E-state index in [1.54, 1.807) is 5.38 Å². The average Bonchev–Trinajstić information content (AvgIpc) is 3.08. The zero-order valence-corrected chi connectivity index (χ0v) is 14.7. The molecule has 1 amide bonds. The van der Waals surface area contributed by atoms with Crippen molar-refractivity contribution in [2.75, 3.05) is 13.7 Å². The lowest BCUT2D eigenvalue weighted by atomic mass is 10.2. The fraction of sp³-hybridized carbons (Fsp3) is 0.353. The van der Waals surface area contributed by atoms with Crippen LogP contribution in [0.15, 0.2) is 29.6 Å². The number of likely N-dealkylation sites (N-methyl/N-ethyl adjacent to an activating group) is 1. The van der Waals surface area contributed by atoms with Gasteiger partial charge < -0.3 is 14.7 Å². The average molecular weight is 348 g/mol. The predicted octanol–water partition coefficient (Wildman–Crippen LogP) is 3.14. The molecule has 1 aromatic heterocycles. The second-order valence-corrected chi connectivity index (χ2v) is 6.20. The van der Waals surface area contributed by atoms with Crippen molar-refractivity contribution in [1.29, 1.82) is 0 Å². The Balaban J connectivity index is 2.12. The van der Waals surface area contributed by atoms with Crippen molar-refractivity contribution in [3.8, 4) is 16.3 Å². The Morgan fingerprint density at radius 2 is 2.00 bits per heavy atom. The van der Waals surface area contributed by atoms with Crippen molar-refractivity contribution in [3.05, 3.63) is 35.3 Å². The Morgan fingerprint density at radius 1 is 1.33 bits per heavy atom.